The molecule has 0 radical (unpaired) electrons. The number of aliphatic hydroxyl groups excluding tert-OH is 1. The molecule has 0 amide bonds. The summed E-state index contributed by atoms with van der Waals surface area (Å²) in [6, 6.07) is 7.33. The molecule has 18 heavy (non-hydrogen) atoms. The van der Waals surface area contributed by atoms with Crippen LogP contribution in [0.3, 0.4) is 0 Å². The minimum atomic E-state index is -0.169. The fourth-order valence-electron chi connectivity index (χ4n) is 1.43. The Hall–Kier alpha value is -2.14. The first-order chi connectivity index (χ1) is 8.83. The van der Waals surface area contributed by atoms with E-state index in [1.165, 1.54) is 12.4 Å². The molecular weight excluding hydrogens is 232 g/mol. The third-order valence-electron chi connectivity index (χ3n) is 2.19. The van der Waals surface area contributed by atoms with Crippen LogP contribution in [0.4, 0.5) is 0 Å². The zero-order chi connectivity index (χ0) is 12.8. The van der Waals surface area contributed by atoms with E-state index in [0.29, 0.717) is 29.7 Å². The molecule has 1 heterocycles. The maximum atomic E-state index is 8.98. The van der Waals surface area contributed by atoms with Crippen LogP contribution in [0, 0.1) is 0 Å². The molecule has 0 bridgehead atoms. The number of hydrogen-bond acceptors (Lipinski definition) is 5. The molecule has 1 aromatic carbocycles. The zero-order valence-corrected chi connectivity index (χ0v) is 10.0. The van der Waals surface area contributed by atoms with Crippen molar-refractivity contribution < 1.29 is 14.6 Å². The Morgan fingerprint density at radius 2 is 1.94 bits per heavy atom. The van der Waals surface area contributed by atoms with Gasteiger partial charge >= 0.3 is 0 Å². The predicted octanol–water partition coefficient (Wildman–Crippen LogP) is 2.16. The average Bonchev–Trinajstić information content (AvgIpc) is 2.41. The summed E-state index contributed by atoms with van der Waals surface area (Å²) in [6.45, 7) is 2.29. The molecule has 1 N–H and O–H groups in total. The smallest absolute Gasteiger partial charge is 0.238 e. The Bertz CT molecular complexity index is 517. The van der Waals surface area contributed by atoms with Crippen LogP contribution in [0.15, 0.2) is 36.7 Å². The van der Waals surface area contributed by atoms with Gasteiger partial charge in [-0.1, -0.05) is 12.1 Å². The van der Waals surface area contributed by atoms with E-state index in [2.05, 4.69) is 9.97 Å². The lowest BCUT2D eigenvalue weighted by Gasteiger charge is -2.10. The lowest BCUT2D eigenvalue weighted by Crippen LogP contribution is -1.97. The Labute approximate surface area is 105 Å². The molecular formula is C13H14N2O3. The van der Waals surface area contributed by atoms with E-state index in [0.717, 1.165) is 0 Å². The van der Waals surface area contributed by atoms with E-state index >= 15 is 0 Å². The highest BCUT2D eigenvalue weighted by molar-refractivity contribution is 5.41. The van der Waals surface area contributed by atoms with E-state index in [-0.39, 0.29) is 6.61 Å². The van der Waals surface area contributed by atoms with Crippen molar-refractivity contribution in [1.82, 2.24) is 9.97 Å². The monoisotopic (exact) mass is 246 g/mol. The third-order valence-corrected chi connectivity index (χ3v) is 2.19. The van der Waals surface area contributed by atoms with Crippen LogP contribution in [0.1, 0.15) is 12.6 Å². The van der Waals surface area contributed by atoms with Crippen molar-refractivity contribution in [3.05, 3.63) is 42.4 Å². The molecule has 0 spiro atoms. The van der Waals surface area contributed by atoms with Crippen molar-refractivity contribution in [3.8, 4) is 17.4 Å². The maximum absolute atomic E-state index is 8.98. The summed E-state index contributed by atoms with van der Waals surface area (Å²) in [4.78, 5) is 8.04. The first kappa shape index (κ1) is 12.3. The van der Waals surface area contributed by atoms with Crippen molar-refractivity contribution >= 4 is 0 Å². The number of nitrogens with zero attached hydrogens (tertiary/aromatic N) is 2. The predicted molar refractivity (Wildman–Crippen MR) is 65.6 cm³/mol. The quantitative estimate of drug-likeness (QED) is 0.875. The van der Waals surface area contributed by atoms with Gasteiger partial charge in [0.2, 0.25) is 5.88 Å². The zero-order valence-electron chi connectivity index (χ0n) is 10.0. The molecule has 2 aromatic rings. The summed E-state index contributed by atoms with van der Waals surface area (Å²) in [5.41, 5.74) is 0.460. The summed E-state index contributed by atoms with van der Waals surface area (Å²) in [5.74, 6) is 1.55. The van der Waals surface area contributed by atoms with Gasteiger partial charge in [0.15, 0.2) is 11.5 Å². The minimum Gasteiger partial charge on any atom is -0.490 e. The highest BCUT2D eigenvalue weighted by Gasteiger charge is 2.06. The van der Waals surface area contributed by atoms with Crippen LogP contribution in [0.25, 0.3) is 0 Å². The Morgan fingerprint density at radius 3 is 2.67 bits per heavy atom. The Kier molecular flexibility index (Phi) is 4.09. The van der Waals surface area contributed by atoms with Crippen LogP contribution in [0.5, 0.6) is 17.4 Å². The van der Waals surface area contributed by atoms with E-state index < -0.39 is 0 Å². The van der Waals surface area contributed by atoms with Crippen molar-refractivity contribution in [2.24, 2.45) is 0 Å². The van der Waals surface area contributed by atoms with Gasteiger partial charge in [0.1, 0.15) is 0 Å². The van der Waals surface area contributed by atoms with Crippen molar-refractivity contribution in [1.29, 1.82) is 0 Å². The molecule has 0 saturated heterocycles. The van der Waals surface area contributed by atoms with Gasteiger partial charge in [-0.15, -0.1) is 0 Å². The van der Waals surface area contributed by atoms with Crippen LogP contribution < -0.4 is 9.47 Å². The van der Waals surface area contributed by atoms with E-state index in [1.807, 2.05) is 25.1 Å². The Balaban J connectivity index is 2.22. The number of para-hydroxylation sites is 2. The molecule has 1 aromatic heterocycles. The summed E-state index contributed by atoms with van der Waals surface area (Å²) in [7, 11) is 0. The lowest BCUT2D eigenvalue weighted by atomic mass is 10.3. The van der Waals surface area contributed by atoms with E-state index in [9.17, 15) is 0 Å². The SMILES string of the molecule is CCOc1ccccc1Oc1cncc(CO)n1. The normalized spacial score (nSPS) is 10.1. The number of aliphatic hydroxyl groups is 1. The first-order valence-corrected chi connectivity index (χ1v) is 5.65. The largest absolute Gasteiger partial charge is 0.490 e. The second-order valence-electron chi connectivity index (χ2n) is 3.49. The van der Waals surface area contributed by atoms with Gasteiger partial charge in [-0.2, -0.15) is 0 Å². The van der Waals surface area contributed by atoms with Crippen molar-refractivity contribution in [3.63, 3.8) is 0 Å². The topological polar surface area (TPSA) is 64.5 Å². The first-order valence-electron chi connectivity index (χ1n) is 5.65. The van der Waals surface area contributed by atoms with Gasteiger partial charge in [-0.25, -0.2) is 4.98 Å². The molecule has 2 rings (SSSR count). The second kappa shape index (κ2) is 5.97. The molecule has 0 saturated carbocycles. The molecule has 0 aliphatic rings. The van der Waals surface area contributed by atoms with Gasteiger partial charge in [0.05, 0.1) is 31.3 Å². The molecule has 0 aliphatic heterocycles. The van der Waals surface area contributed by atoms with Gasteiger partial charge in [-0.05, 0) is 19.1 Å². The van der Waals surface area contributed by atoms with Gasteiger partial charge in [-0.3, -0.25) is 4.98 Å². The number of ether oxygens (including phenoxy) is 2. The minimum absolute atomic E-state index is 0.169. The number of hydrogen-bond donors (Lipinski definition) is 1. The highest BCUT2D eigenvalue weighted by Crippen LogP contribution is 2.30. The van der Waals surface area contributed by atoms with Gasteiger partial charge < -0.3 is 14.6 Å². The van der Waals surface area contributed by atoms with Crippen LogP contribution in [0.2, 0.25) is 0 Å². The van der Waals surface area contributed by atoms with Crippen LogP contribution in [-0.2, 0) is 6.61 Å². The van der Waals surface area contributed by atoms with Crippen LogP contribution in [-0.4, -0.2) is 21.7 Å². The highest BCUT2D eigenvalue weighted by atomic mass is 16.5. The molecule has 94 valence electrons. The number of aromatic nitrogens is 2. The fraction of sp³-hybridized carbons (Fsp3) is 0.231. The maximum Gasteiger partial charge on any atom is 0.238 e. The molecule has 5 nitrogen and oxygen atoms in total. The fourth-order valence-corrected chi connectivity index (χ4v) is 1.43. The van der Waals surface area contributed by atoms with E-state index in [4.69, 9.17) is 14.6 Å². The molecule has 0 unspecified atom stereocenters. The molecule has 0 atom stereocenters. The molecule has 0 aliphatic carbocycles. The van der Waals surface area contributed by atoms with Crippen molar-refractivity contribution in [2.75, 3.05) is 6.61 Å². The van der Waals surface area contributed by atoms with Gasteiger partial charge in [0, 0.05) is 0 Å². The summed E-state index contributed by atoms with van der Waals surface area (Å²) in [6.07, 6.45) is 2.98. The lowest BCUT2D eigenvalue weighted by molar-refractivity contribution is 0.274. The second-order valence-corrected chi connectivity index (χ2v) is 3.49. The number of benzene rings is 1. The standard InChI is InChI=1S/C13H14N2O3/c1-2-17-11-5-3-4-6-12(11)18-13-8-14-7-10(9-16)15-13/h3-8,16H,2,9H2,1H3. The van der Waals surface area contributed by atoms with E-state index in [1.54, 1.807) is 6.07 Å². The summed E-state index contributed by atoms with van der Waals surface area (Å²) < 4.78 is 11.0. The Morgan fingerprint density at radius 1 is 1.17 bits per heavy atom. The summed E-state index contributed by atoms with van der Waals surface area (Å²) in [5, 5.41) is 8.98. The molecule has 0 fully saturated rings. The third kappa shape index (κ3) is 2.95. The molecule has 5 heteroatoms. The summed E-state index contributed by atoms with van der Waals surface area (Å²) >= 11 is 0. The number of rotatable bonds is 5. The van der Waals surface area contributed by atoms with Gasteiger partial charge in [0.25, 0.3) is 0 Å². The average molecular weight is 246 g/mol. The van der Waals surface area contributed by atoms with Crippen LogP contribution >= 0.6 is 0 Å². The van der Waals surface area contributed by atoms with Crippen molar-refractivity contribution in [2.45, 2.75) is 13.5 Å².